The molecule has 0 fully saturated rings. The molecule has 1 aromatic carbocycles. The molecule has 1 aromatic rings. The van der Waals surface area contributed by atoms with Gasteiger partial charge in [0.15, 0.2) is 0 Å². The highest BCUT2D eigenvalue weighted by Gasteiger charge is 2.24. The van der Waals surface area contributed by atoms with Crippen LogP contribution >= 0.6 is 0 Å². The quantitative estimate of drug-likeness (QED) is 0.438. The number of rotatable bonds is 6. The molecular formula is C10H10N2O7S. The van der Waals surface area contributed by atoms with Crippen molar-refractivity contribution in [3.8, 4) is 0 Å². The number of ether oxygens (including phenoxy) is 1. The Morgan fingerprint density at radius 1 is 1.30 bits per heavy atom. The number of nitro benzene ring substituents is 2. The van der Waals surface area contributed by atoms with Gasteiger partial charge in [0.1, 0.15) is 10.6 Å². The molecule has 10 heteroatoms. The van der Waals surface area contributed by atoms with Gasteiger partial charge in [-0.05, 0) is 13.0 Å². The molecule has 0 saturated heterocycles. The van der Waals surface area contributed by atoms with Crippen molar-refractivity contribution in [2.24, 2.45) is 0 Å². The van der Waals surface area contributed by atoms with Crippen LogP contribution in [-0.4, -0.2) is 32.4 Å². The smallest absolute Gasteiger partial charge is 0.318 e. The van der Waals surface area contributed by atoms with Crippen LogP contribution in [0.2, 0.25) is 0 Å². The van der Waals surface area contributed by atoms with Gasteiger partial charge in [-0.2, -0.15) is 0 Å². The van der Waals surface area contributed by atoms with Crippen molar-refractivity contribution >= 4 is 28.1 Å². The van der Waals surface area contributed by atoms with Gasteiger partial charge in [0, 0.05) is 6.07 Å². The normalized spacial score (nSPS) is 11.7. The lowest BCUT2D eigenvalue weighted by molar-refractivity contribution is -0.396. The van der Waals surface area contributed by atoms with Crippen molar-refractivity contribution < 1.29 is 23.6 Å². The highest BCUT2D eigenvalue weighted by molar-refractivity contribution is 7.85. The van der Waals surface area contributed by atoms with Crippen LogP contribution in [0.4, 0.5) is 11.4 Å². The van der Waals surface area contributed by atoms with Gasteiger partial charge in [0.2, 0.25) is 0 Å². The maximum atomic E-state index is 11.9. The molecule has 0 radical (unpaired) electrons. The predicted molar refractivity (Wildman–Crippen MR) is 67.7 cm³/mol. The Morgan fingerprint density at radius 2 is 1.95 bits per heavy atom. The third kappa shape index (κ3) is 3.82. The molecule has 0 spiro atoms. The molecule has 9 nitrogen and oxygen atoms in total. The van der Waals surface area contributed by atoms with Gasteiger partial charge in [0.05, 0.1) is 33.3 Å². The number of hydrogen-bond acceptors (Lipinski definition) is 7. The summed E-state index contributed by atoms with van der Waals surface area (Å²) in [6, 6.07) is 2.70. The second-order valence-electron chi connectivity index (χ2n) is 3.46. The highest BCUT2D eigenvalue weighted by atomic mass is 32.2. The molecular weight excluding hydrogens is 292 g/mol. The van der Waals surface area contributed by atoms with Crippen molar-refractivity contribution in [1.82, 2.24) is 0 Å². The molecule has 1 rings (SSSR count). The SMILES string of the molecule is CCOC(=O)CS(=O)c1ccc([N+](=O)[O-])cc1[N+](=O)[O-]. The maximum Gasteiger partial charge on any atom is 0.318 e. The van der Waals surface area contributed by atoms with Crippen LogP contribution in [0.3, 0.4) is 0 Å². The van der Waals surface area contributed by atoms with Crippen molar-refractivity contribution in [2.75, 3.05) is 12.4 Å². The van der Waals surface area contributed by atoms with Crippen LogP contribution in [0, 0.1) is 20.2 Å². The zero-order valence-electron chi connectivity index (χ0n) is 10.3. The van der Waals surface area contributed by atoms with Crippen molar-refractivity contribution in [2.45, 2.75) is 11.8 Å². The summed E-state index contributed by atoms with van der Waals surface area (Å²) < 4.78 is 16.5. The minimum absolute atomic E-state index is 0.0956. The summed E-state index contributed by atoms with van der Waals surface area (Å²) in [6.07, 6.45) is 0. The minimum atomic E-state index is -2.01. The summed E-state index contributed by atoms with van der Waals surface area (Å²) >= 11 is 0. The summed E-state index contributed by atoms with van der Waals surface area (Å²) in [4.78, 5) is 30.6. The molecule has 1 unspecified atom stereocenters. The fraction of sp³-hybridized carbons (Fsp3) is 0.300. The van der Waals surface area contributed by atoms with Gasteiger partial charge in [-0.25, -0.2) is 0 Å². The molecule has 1 atom stereocenters. The fourth-order valence-corrected chi connectivity index (χ4v) is 2.38. The second-order valence-corrected chi connectivity index (χ2v) is 4.88. The summed E-state index contributed by atoms with van der Waals surface area (Å²) in [5.74, 6) is -1.31. The van der Waals surface area contributed by atoms with E-state index in [0.717, 1.165) is 12.1 Å². The molecule has 0 aromatic heterocycles. The number of esters is 1. The van der Waals surface area contributed by atoms with Crippen LogP contribution in [-0.2, 0) is 20.3 Å². The van der Waals surface area contributed by atoms with Gasteiger partial charge in [-0.15, -0.1) is 0 Å². The first-order valence-electron chi connectivity index (χ1n) is 5.33. The lowest BCUT2D eigenvalue weighted by Crippen LogP contribution is -2.15. The number of non-ortho nitro benzene ring substituents is 1. The monoisotopic (exact) mass is 302 g/mol. The zero-order valence-corrected chi connectivity index (χ0v) is 11.1. The van der Waals surface area contributed by atoms with E-state index >= 15 is 0 Å². The summed E-state index contributed by atoms with van der Waals surface area (Å²) in [7, 11) is -2.01. The third-order valence-corrected chi connectivity index (χ3v) is 3.48. The Hall–Kier alpha value is -2.36. The Balaban J connectivity index is 3.11. The highest BCUT2D eigenvalue weighted by Crippen LogP contribution is 2.27. The topological polar surface area (TPSA) is 130 Å². The molecule has 0 aliphatic heterocycles. The molecule has 0 N–H and O–H groups in total. The number of hydrogen-bond donors (Lipinski definition) is 0. The molecule has 0 saturated carbocycles. The standard InChI is InChI=1S/C10H10N2O7S/c1-2-19-10(13)6-20(18)9-4-3-7(11(14)15)5-8(9)12(16)17/h3-5H,2,6H2,1H3. The van der Waals surface area contributed by atoms with Gasteiger partial charge >= 0.3 is 5.97 Å². The van der Waals surface area contributed by atoms with Gasteiger partial charge < -0.3 is 4.74 Å². The minimum Gasteiger partial charge on any atom is -0.465 e. The Kier molecular flexibility index (Phi) is 5.26. The van der Waals surface area contributed by atoms with Crippen LogP contribution in [0.1, 0.15) is 6.92 Å². The second kappa shape index (κ2) is 6.70. The van der Waals surface area contributed by atoms with E-state index in [1.165, 1.54) is 0 Å². The van der Waals surface area contributed by atoms with E-state index in [1.807, 2.05) is 0 Å². The molecule has 0 heterocycles. The molecule has 0 bridgehead atoms. The molecule has 0 aliphatic carbocycles. The van der Waals surface area contributed by atoms with E-state index in [1.54, 1.807) is 6.92 Å². The van der Waals surface area contributed by atoms with E-state index < -0.39 is 43.7 Å². The van der Waals surface area contributed by atoms with E-state index in [-0.39, 0.29) is 11.5 Å². The Morgan fingerprint density at radius 3 is 2.45 bits per heavy atom. The first-order chi connectivity index (χ1) is 9.36. The predicted octanol–water partition coefficient (Wildman–Crippen LogP) is 1.17. The largest absolute Gasteiger partial charge is 0.465 e. The third-order valence-electron chi connectivity index (χ3n) is 2.15. The van der Waals surface area contributed by atoms with Crippen LogP contribution in [0.25, 0.3) is 0 Å². The average molecular weight is 302 g/mol. The van der Waals surface area contributed by atoms with Crippen LogP contribution in [0.15, 0.2) is 23.1 Å². The van der Waals surface area contributed by atoms with Crippen LogP contribution < -0.4 is 0 Å². The van der Waals surface area contributed by atoms with E-state index in [9.17, 15) is 29.2 Å². The molecule has 20 heavy (non-hydrogen) atoms. The molecule has 0 aliphatic rings. The molecule has 108 valence electrons. The number of carbonyl (C=O) groups is 1. The average Bonchev–Trinajstić information content (AvgIpc) is 2.37. The van der Waals surface area contributed by atoms with Crippen molar-refractivity contribution in [1.29, 1.82) is 0 Å². The number of benzene rings is 1. The maximum absolute atomic E-state index is 11.9. The number of carbonyl (C=O) groups excluding carboxylic acids is 1. The van der Waals surface area contributed by atoms with Crippen molar-refractivity contribution in [3.63, 3.8) is 0 Å². The van der Waals surface area contributed by atoms with Gasteiger partial charge in [-0.1, -0.05) is 0 Å². The fourth-order valence-electron chi connectivity index (χ4n) is 1.34. The number of nitro groups is 2. The van der Waals surface area contributed by atoms with Crippen molar-refractivity contribution in [3.05, 3.63) is 38.4 Å². The number of nitrogens with zero attached hydrogens (tertiary/aromatic N) is 2. The Bertz CT molecular complexity index is 587. The lowest BCUT2D eigenvalue weighted by Gasteiger charge is -2.03. The van der Waals surface area contributed by atoms with E-state index in [0.29, 0.717) is 6.07 Å². The zero-order chi connectivity index (χ0) is 15.3. The first kappa shape index (κ1) is 15.7. The molecule has 0 amide bonds. The van der Waals surface area contributed by atoms with E-state index in [4.69, 9.17) is 0 Å². The summed E-state index contributed by atoms with van der Waals surface area (Å²) in [5, 5.41) is 21.4. The lowest BCUT2D eigenvalue weighted by atomic mass is 10.3. The van der Waals surface area contributed by atoms with Gasteiger partial charge in [-0.3, -0.25) is 29.2 Å². The van der Waals surface area contributed by atoms with E-state index in [2.05, 4.69) is 4.74 Å². The summed E-state index contributed by atoms with van der Waals surface area (Å²) in [5.41, 5.74) is -1.16. The first-order valence-corrected chi connectivity index (χ1v) is 6.65. The summed E-state index contributed by atoms with van der Waals surface area (Å²) in [6.45, 7) is 1.66. The Labute approximate surface area is 115 Å². The van der Waals surface area contributed by atoms with Crippen LogP contribution in [0.5, 0.6) is 0 Å². The van der Waals surface area contributed by atoms with Gasteiger partial charge in [0.25, 0.3) is 11.4 Å².